The molecule has 0 bridgehead atoms. The number of fused-ring (bicyclic) bond motifs is 3. The van der Waals surface area contributed by atoms with Crippen molar-refractivity contribution in [1.29, 1.82) is 0 Å². The van der Waals surface area contributed by atoms with Crippen molar-refractivity contribution in [3.8, 4) is 11.1 Å². The first-order chi connectivity index (χ1) is 16.8. The van der Waals surface area contributed by atoms with Crippen LogP contribution in [0.25, 0.3) is 11.1 Å². The molecule has 0 aliphatic heterocycles. The third-order valence-electron chi connectivity index (χ3n) is 5.92. The number of hydrogen-bond acceptors (Lipinski definition) is 0. The van der Waals surface area contributed by atoms with E-state index in [9.17, 15) is 0 Å². The third kappa shape index (κ3) is 8.11. The molecule has 0 saturated carbocycles. The van der Waals surface area contributed by atoms with E-state index < -0.39 is 0 Å². The van der Waals surface area contributed by atoms with Crippen LogP contribution in [0.1, 0.15) is 42.0 Å². The summed E-state index contributed by atoms with van der Waals surface area (Å²) in [5.41, 5.74) is 9.60. The molecule has 0 fully saturated rings. The largest absolute Gasteiger partial charge is 0.179 e. The Morgan fingerprint density at radius 2 is 1.33 bits per heavy atom. The maximum Gasteiger partial charge on any atom is -0.0253 e. The van der Waals surface area contributed by atoms with Crippen molar-refractivity contribution in [3.63, 3.8) is 0 Å². The van der Waals surface area contributed by atoms with E-state index in [2.05, 4.69) is 128 Å². The van der Waals surface area contributed by atoms with Crippen LogP contribution in [0.5, 0.6) is 0 Å². The van der Waals surface area contributed by atoms with Crippen LogP contribution >= 0.6 is 0 Å². The summed E-state index contributed by atoms with van der Waals surface area (Å²) in [4.78, 5) is 0. The standard InChI is InChI=1S/C13H9.C13H10.C7H9.2ClH.Zr/c1-3-7-12-10(5-1)9-11-6-2-4-8-13(11)12;1-3-7-12(8-4-1)11-13-9-5-2-6-10-13;1-2-7-5-3-4-6-7;;;/h1-5,7-8H,9H2;1-10H;5-6H,2-3H2,1H3;2*1H;/q-1;;-1;;;+2/p-2. The zero-order valence-corrected chi connectivity index (χ0v) is 24.3. The molecule has 0 unspecified atom stereocenters. The molecule has 0 heterocycles. The molecule has 0 saturated heterocycles. The van der Waals surface area contributed by atoms with Crippen LogP contribution in [-0.2, 0) is 30.7 Å². The topological polar surface area (TPSA) is 0 Å². The number of benzene rings is 4. The van der Waals surface area contributed by atoms with Gasteiger partial charge in [0.25, 0.3) is 0 Å². The van der Waals surface area contributed by atoms with Crippen LogP contribution in [0.15, 0.2) is 121 Å². The smallest absolute Gasteiger partial charge is 0.0253 e. The van der Waals surface area contributed by atoms with Crippen LogP contribution in [0.4, 0.5) is 0 Å². The van der Waals surface area contributed by atoms with Gasteiger partial charge in [-0.05, 0) is 6.42 Å². The summed E-state index contributed by atoms with van der Waals surface area (Å²) in [7, 11) is 0. The Bertz CT molecular complexity index is 1210. The third-order valence-corrected chi connectivity index (χ3v) is 7.34. The zero-order chi connectivity index (χ0) is 23.6. The summed E-state index contributed by atoms with van der Waals surface area (Å²) in [6.07, 6.45) is 10.6. The number of allylic oxidation sites excluding steroid dienone is 4. The Kier molecular flexibility index (Phi) is 13.1. The predicted molar refractivity (Wildman–Crippen MR) is 140 cm³/mol. The van der Waals surface area contributed by atoms with E-state index in [4.69, 9.17) is 0 Å². The molecule has 0 nitrogen and oxygen atoms in total. The van der Waals surface area contributed by atoms with Gasteiger partial charge in [0.15, 0.2) is 0 Å². The van der Waals surface area contributed by atoms with Crippen LogP contribution in [0.3, 0.4) is 0 Å². The summed E-state index contributed by atoms with van der Waals surface area (Å²) >= 11 is 1.46. The van der Waals surface area contributed by atoms with Crippen LogP contribution in [-0.4, -0.2) is 3.21 Å². The Morgan fingerprint density at radius 1 is 0.750 bits per heavy atom. The summed E-state index contributed by atoms with van der Waals surface area (Å²) in [6.45, 7) is 2.16. The maximum absolute atomic E-state index is 3.30. The van der Waals surface area contributed by atoms with E-state index in [0.717, 1.165) is 19.3 Å². The minimum Gasteiger partial charge on any atom is -0.179 e. The molecule has 0 amide bonds. The predicted octanol–water partition coefficient (Wildman–Crippen LogP) is 1.95. The van der Waals surface area contributed by atoms with Gasteiger partial charge in [-0.3, -0.25) is 6.08 Å². The number of halogens is 2. The van der Waals surface area contributed by atoms with Crippen LogP contribution in [0.2, 0.25) is 0 Å². The molecule has 0 atom stereocenters. The van der Waals surface area contributed by atoms with Gasteiger partial charge in [-0.2, -0.15) is 35.9 Å². The second kappa shape index (κ2) is 15.7. The summed E-state index contributed by atoms with van der Waals surface area (Å²) in [6, 6.07) is 39.2. The normalized spacial score (nSPS) is 11.7. The number of rotatable bonds is 3. The van der Waals surface area contributed by atoms with Crippen LogP contribution in [0, 0.1) is 12.1 Å². The molecule has 0 aromatic heterocycles. The summed E-state index contributed by atoms with van der Waals surface area (Å²) in [5.74, 6) is 0. The molecule has 0 spiro atoms. The van der Waals surface area contributed by atoms with Crippen molar-refractivity contribution in [2.75, 3.05) is 0 Å². The summed E-state index contributed by atoms with van der Waals surface area (Å²) in [5, 5.41) is 0. The fourth-order valence-electron chi connectivity index (χ4n) is 4.06. The van der Waals surface area contributed by atoms with Crippen molar-refractivity contribution < 1.29 is 49.0 Å². The first-order valence-electron chi connectivity index (χ1n) is 11.8. The van der Waals surface area contributed by atoms with Crippen molar-refractivity contribution in [2.24, 2.45) is 0 Å². The van der Waals surface area contributed by atoms with E-state index in [1.54, 1.807) is 0 Å². The van der Waals surface area contributed by atoms with Gasteiger partial charge in [-0.15, -0.1) is 12.0 Å². The second-order valence-corrected chi connectivity index (χ2v) is 9.42. The monoisotopic (exact) mass is 584 g/mol. The molecular weight excluding hydrogens is 558 g/mol. The van der Waals surface area contributed by atoms with Gasteiger partial charge in [0.05, 0.1) is 0 Å². The Labute approximate surface area is 243 Å². The molecular formula is C33H28Cl2Zr-2. The molecule has 2 aliphatic rings. The van der Waals surface area contributed by atoms with Gasteiger partial charge < -0.3 is 24.8 Å². The quantitative estimate of drug-likeness (QED) is 0.284. The van der Waals surface area contributed by atoms with E-state index in [1.807, 2.05) is 6.07 Å². The van der Waals surface area contributed by atoms with Gasteiger partial charge >= 0.3 is 99.2 Å². The minimum absolute atomic E-state index is 0. The van der Waals surface area contributed by atoms with Gasteiger partial charge in [-0.1, -0.05) is 48.7 Å². The molecule has 3 heteroatoms. The molecule has 4 aromatic carbocycles. The van der Waals surface area contributed by atoms with E-state index in [1.165, 1.54) is 66.4 Å². The average molecular weight is 587 g/mol. The molecule has 180 valence electrons. The van der Waals surface area contributed by atoms with Gasteiger partial charge in [-0.25, -0.2) is 11.6 Å². The Balaban J connectivity index is 0.000000194. The fraction of sp³-hybridized carbons (Fsp3) is 0.121. The van der Waals surface area contributed by atoms with Crippen molar-refractivity contribution in [1.82, 2.24) is 0 Å². The first kappa shape index (κ1) is 29.9. The van der Waals surface area contributed by atoms with E-state index in [-0.39, 0.29) is 24.8 Å². The fourth-order valence-corrected chi connectivity index (χ4v) is 4.88. The number of hydrogen-bond donors (Lipinski definition) is 0. The Morgan fingerprint density at radius 3 is 1.89 bits per heavy atom. The van der Waals surface area contributed by atoms with E-state index in [0.29, 0.717) is 0 Å². The van der Waals surface area contributed by atoms with Crippen molar-refractivity contribution in [3.05, 3.63) is 155 Å². The zero-order valence-electron chi connectivity index (χ0n) is 20.3. The first-order valence-corrected chi connectivity index (χ1v) is 13.0. The van der Waals surface area contributed by atoms with Gasteiger partial charge in [0, 0.05) is 0 Å². The SMILES string of the molecule is CCC1=CC[C-]=C1.[Cl-].[Cl-].[Zr+2]=[C](c1ccccc1)c1ccccc1.[c-]1cccc2c1Cc1ccccc1-2. The molecule has 36 heavy (non-hydrogen) atoms. The van der Waals surface area contributed by atoms with Crippen LogP contribution < -0.4 is 24.8 Å². The van der Waals surface area contributed by atoms with Crippen molar-refractivity contribution in [2.45, 2.75) is 26.2 Å². The molecule has 0 radical (unpaired) electrons. The van der Waals surface area contributed by atoms with Gasteiger partial charge in [0.1, 0.15) is 0 Å². The van der Waals surface area contributed by atoms with Gasteiger partial charge in [0.2, 0.25) is 0 Å². The Hall–Kier alpha value is -2.31. The van der Waals surface area contributed by atoms with Crippen molar-refractivity contribution >= 4 is 3.21 Å². The molecule has 0 N–H and O–H groups in total. The molecule has 2 aliphatic carbocycles. The molecule has 6 rings (SSSR count). The minimum atomic E-state index is 0. The second-order valence-electron chi connectivity index (χ2n) is 8.19. The maximum atomic E-state index is 3.30. The van der Waals surface area contributed by atoms with E-state index >= 15 is 0 Å². The molecule has 4 aromatic rings. The average Bonchev–Trinajstić information content (AvgIpc) is 3.58. The summed E-state index contributed by atoms with van der Waals surface area (Å²) < 4.78 is 1.42.